The zero-order chi connectivity index (χ0) is 35.0. The summed E-state index contributed by atoms with van der Waals surface area (Å²) in [5, 5.41) is 17.0. The molecule has 5 aromatic carbocycles. The molecule has 0 aliphatic rings. The monoisotopic (exact) mass is 668 g/mol. The van der Waals surface area contributed by atoms with E-state index in [1.54, 1.807) is 66.7 Å². The molecule has 0 heterocycles. The number of unbranched alkanes of at least 4 members (excludes halogenated alkanes) is 5. The lowest BCUT2D eigenvalue weighted by Gasteiger charge is -2.08. The van der Waals surface area contributed by atoms with E-state index >= 15 is 0 Å². The molecule has 9 nitrogen and oxygen atoms in total. The molecule has 9 heteroatoms. The molecule has 0 radical (unpaired) electrons. The van der Waals surface area contributed by atoms with E-state index in [4.69, 9.17) is 14.2 Å². The van der Waals surface area contributed by atoms with Crippen LogP contribution in [-0.4, -0.2) is 18.5 Å². The summed E-state index contributed by atoms with van der Waals surface area (Å²) in [6.45, 7) is 4.94. The Bertz CT molecular complexity index is 1890. The first-order valence-corrected chi connectivity index (χ1v) is 16.8. The van der Waals surface area contributed by atoms with E-state index in [1.807, 2.05) is 55.5 Å². The summed E-state index contributed by atoms with van der Waals surface area (Å²) < 4.78 is 16.9. The standard InChI is InChI=1S/C41H40N4O5/c1-3-4-5-6-7-8-28-48-37-26-24-36(25-27-37)45-44-35-22-16-32(17-23-35)41(47)50-39-11-9-10-38(29-39)49-40(46)31-14-20-34(21-15-31)43-42-33-18-12-30(2)13-19-33/h9-27,29H,3-8,28H2,1-2H3/b43-42+,45-44+. The third-order valence-electron chi connectivity index (χ3n) is 7.63. The van der Waals surface area contributed by atoms with Gasteiger partial charge in [-0.1, -0.05) is 62.8 Å². The average Bonchev–Trinajstić information content (AvgIpc) is 3.14. The first-order chi connectivity index (χ1) is 24.4. The van der Waals surface area contributed by atoms with Crippen LogP contribution < -0.4 is 14.2 Å². The Kier molecular flexibility index (Phi) is 13.1. The van der Waals surface area contributed by atoms with Crippen molar-refractivity contribution in [2.75, 3.05) is 6.61 Å². The van der Waals surface area contributed by atoms with E-state index in [0.717, 1.165) is 23.4 Å². The second-order valence-corrected chi connectivity index (χ2v) is 11.7. The van der Waals surface area contributed by atoms with Gasteiger partial charge in [-0.25, -0.2) is 9.59 Å². The van der Waals surface area contributed by atoms with Crippen LogP contribution in [0.1, 0.15) is 71.7 Å². The second-order valence-electron chi connectivity index (χ2n) is 11.7. The van der Waals surface area contributed by atoms with E-state index in [2.05, 4.69) is 27.4 Å². The van der Waals surface area contributed by atoms with Gasteiger partial charge in [-0.3, -0.25) is 0 Å². The highest BCUT2D eigenvalue weighted by atomic mass is 16.5. The van der Waals surface area contributed by atoms with E-state index < -0.39 is 11.9 Å². The molecule has 0 aromatic heterocycles. The van der Waals surface area contributed by atoms with Gasteiger partial charge in [-0.05, 0) is 110 Å². The van der Waals surface area contributed by atoms with Crippen molar-refractivity contribution in [1.82, 2.24) is 0 Å². The zero-order valence-corrected chi connectivity index (χ0v) is 28.3. The van der Waals surface area contributed by atoms with Gasteiger partial charge in [-0.2, -0.15) is 20.5 Å². The number of ether oxygens (including phenoxy) is 3. The van der Waals surface area contributed by atoms with Gasteiger partial charge in [0, 0.05) is 6.07 Å². The Morgan fingerprint density at radius 3 is 1.40 bits per heavy atom. The number of aryl methyl sites for hydroxylation is 1. The highest BCUT2D eigenvalue weighted by Crippen LogP contribution is 2.25. The molecule has 0 unspecified atom stereocenters. The molecule has 0 fully saturated rings. The van der Waals surface area contributed by atoms with E-state index in [0.29, 0.717) is 34.8 Å². The second kappa shape index (κ2) is 18.5. The van der Waals surface area contributed by atoms with Gasteiger partial charge in [0.25, 0.3) is 0 Å². The molecule has 0 aliphatic heterocycles. The molecule has 50 heavy (non-hydrogen) atoms. The SMILES string of the molecule is CCCCCCCCOc1ccc(/N=N/c2ccc(C(=O)Oc3cccc(OC(=O)c4ccc(/N=N/c5ccc(C)cc5)cc4)c3)cc2)cc1. The van der Waals surface area contributed by atoms with Gasteiger partial charge in [0.15, 0.2) is 0 Å². The highest BCUT2D eigenvalue weighted by Gasteiger charge is 2.12. The number of hydrogen-bond acceptors (Lipinski definition) is 9. The van der Waals surface area contributed by atoms with Crippen LogP contribution in [0.15, 0.2) is 142 Å². The molecule has 0 aliphatic carbocycles. The molecule has 0 atom stereocenters. The summed E-state index contributed by atoms with van der Waals surface area (Å²) in [5.74, 6) is 0.150. The van der Waals surface area contributed by atoms with Crippen molar-refractivity contribution in [3.8, 4) is 17.2 Å². The smallest absolute Gasteiger partial charge is 0.343 e. The average molecular weight is 669 g/mol. The molecule has 5 aromatic rings. The molecule has 0 amide bonds. The molecular formula is C41H40N4O5. The summed E-state index contributed by atoms with van der Waals surface area (Å²) in [6, 6.07) is 34.7. The molecule has 0 saturated carbocycles. The van der Waals surface area contributed by atoms with Gasteiger partial charge in [-0.15, -0.1) is 0 Å². The minimum Gasteiger partial charge on any atom is -0.494 e. The predicted octanol–water partition coefficient (Wildman–Crippen LogP) is 12.0. The Morgan fingerprint density at radius 1 is 0.500 bits per heavy atom. The fourth-order valence-corrected chi connectivity index (χ4v) is 4.79. The summed E-state index contributed by atoms with van der Waals surface area (Å²) in [7, 11) is 0. The lowest BCUT2D eigenvalue weighted by Crippen LogP contribution is -2.10. The molecule has 254 valence electrons. The van der Waals surface area contributed by atoms with Crippen LogP contribution in [-0.2, 0) is 0 Å². The van der Waals surface area contributed by atoms with Crippen LogP contribution in [0.3, 0.4) is 0 Å². The third-order valence-corrected chi connectivity index (χ3v) is 7.63. The summed E-state index contributed by atoms with van der Waals surface area (Å²) >= 11 is 0. The minimum absolute atomic E-state index is 0.232. The molecule has 0 bridgehead atoms. The fraction of sp³-hybridized carbons (Fsp3) is 0.220. The molecule has 5 rings (SSSR count). The van der Waals surface area contributed by atoms with Crippen LogP contribution >= 0.6 is 0 Å². The third kappa shape index (κ3) is 11.3. The number of benzene rings is 5. The van der Waals surface area contributed by atoms with Crippen molar-refractivity contribution in [2.45, 2.75) is 52.4 Å². The van der Waals surface area contributed by atoms with Crippen molar-refractivity contribution < 1.29 is 23.8 Å². The maximum atomic E-state index is 12.8. The quantitative estimate of drug-likeness (QED) is 0.0449. The topological polar surface area (TPSA) is 111 Å². The number of carbonyl (C=O) groups is 2. The number of hydrogen-bond donors (Lipinski definition) is 0. The fourth-order valence-electron chi connectivity index (χ4n) is 4.79. The normalized spacial score (nSPS) is 11.2. The Morgan fingerprint density at radius 2 is 0.920 bits per heavy atom. The van der Waals surface area contributed by atoms with Gasteiger partial charge in [0.1, 0.15) is 17.2 Å². The van der Waals surface area contributed by atoms with E-state index in [9.17, 15) is 9.59 Å². The lowest BCUT2D eigenvalue weighted by atomic mass is 10.1. The van der Waals surface area contributed by atoms with Gasteiger partial charge < -0.3 is 14.2 Å². The van der Waals surface area contributed by atoms with Gasteiger partial charge in [0.05, 0.1) is 40.5 Å². The van der Waals surface area contributed by atoms with Crippen molar-refractivity contribution in [1.29, 1.82) is 0 Å². The largest absolute Gasteiger partial charge is 0.494 e. The Hall–Kier alpha value is -5.96. The number of nitrogens with zero attached hydrogens (tertiary/aromatic N) is 4. The number of carbonyl (C=O) groups excluding carboxylic acids is 2. The molecule has 0 saturated heterocycles. The zero-order valence-electron chi connectivity index (χ0n) is 28.3. The summed E-state index contributed by atoms with van der Waals surface area (Å²) in [4.78, 5) is 25.6. The van der Waals surface area contributed by atoms with Crippen LogP contribution in [0.4, 0.5) is 22.7 Å². The highest BCUT2D eigenvalue weighted by molar-refractivity contribution is 5.92. The number of rotatable bonds is 16. The van der Waals surface area contributed by atoms with Crippen molar-refractivity contribution >= 4 is 34.7 Å². The maximum absolute atomic E-state index is 12.8. The molecule has 0 spiro atoms. The van der Waals surface area contributed by atoms with Crippen molar-refractivity contribution in [3.05, 3.63) is 138 Å². The van der Waals surface area contributed by atoms with Gasteiger partial charge >= 0.3 is 11.9 Å². The van der Waals surface area contributed by atoms with E-state index in [-0.39, 0.29) is 11.5 Å². The van der Waals surface area contributed by atoms with E-state index in [1.165, 1.54) is 38.2 Å². The van der Waals surface area contributed by atoms with Crippen LogP contribution in [0.25, 0.3) is 0 Å². The van der Waals surface area contributed by atoms with Crippen LogP contribution in [0.2, 0.25) is 0 Å². The van der Waals surface area contributed by atoms with Crippen LogP contribution in [0.5, 0.6) is 17.2 Å². The Labute approximate surface area is 292 Å². The minimum atomic E-state index is -0.566. The Balaban J connectivity index is 1.08. The summed E-state index contributed by atoms with van der Waals surface area (Å²) in [6.07, 6.45) is 7.35. The predicted molar refractivity (Wildman–Crippen MR) is 194 cm³/mol. The maximum Gasteiger partial charge on any atom is 0.343 e. The molecule has 0 N–H and O–H groups in total. The van der Waals surface area contributed by atoms with Crippen molar-refractivity contribution in [2.24, 2.45) is 20.5 Å². The summed E-state index contributed by atoms with van der Waals surface area (Å²) in [5.41, 5.74) is 4.42. The van der Waals surface area contributed by atoms with Crippen molar-refractivity contribution in [3.63, 3.8) is 0 Å². The number of azo groups is 2. The lowest BCUT2D eigenvalue weighted by molar-refractivity contribution is 0.0733. The molecular weight excluding hydrogens is 628 g/mol. The first-order valence-electron chi connectivity index (χ1n) is 16.8. The number of esters is 2. The van der Waals surface area contributed by atoms with Gasteiger partial charge in [0.2, 0.25) is 0 Å². The first kappa shape index (κ1) is 35.3. The van der Waals surface area contributed by atoms with Crippen LogP contribution in [0, 0.1) is 6.92 Å².